The Labute approximate surface area is 132 Å². The van der Waals surface area contributed by atoms with E-state index < -0.39 is 11.6 Å². The summed E-state index contributed by atoms with van der Waals surface area (Å²) in [7, 11) is 0. The van der Waals surface area contributed by atoms with Crippen LogP contribution in [0.4, 0.5) is 0 Å². The summed E-state index contributed by atoms with van der Waals surface area (Å²) < 4.78 is 0. The molecule has 1 atom stereocenters. The second-order valence-corrected chi connectivity index (χ2v) is 6.72. The van der Waals surface area contributed by atoms with E-state index in [1.165, 1.54) is 0 Å². The van der Waals surface area contributed by atoms with E-state index in [1.807, 2.05) is 52.8 Å². The lowest BCUT2D eigenvalue weighted by atomic mass is 10.0. The number of hydrogen-bond donors (Lipinski definition) is 3. The van der Waals surface area contributed by atoms with Crippen molar-refractivity contribution in [2.24, 2.45) is 11.7 Å². The van der Waals surface area contributed by atoms with Gasteiger partial charge in [0.15, 0.2) is 0 Å². The molecule has 1 rings (SSSR count). The average molecular weight is 305 g/mol. The molecule has 0 spiro atoms. The van der Waals surface area contributed by atoms with E-state index in [0.717, 1.165) is 5.56 Å². The molecule has 122 valence electrons. The summed E-state index contributed by atoms with van der Waals surface area (Å²) in [6.45, 7) is 9.70. The van der Waals surface area contributed by atoms with E-state index in [-0.39, 0.29) is 17.7 Å². The third kappa shape index (κ3) is 5.48. The summed E-state index contributed by atoms with van der Waals surface area (Å²) in [6.07, 6.45) is 0. The fourth-order valence-corrected chi connectivity index (χ4v) is 2.01. The Morgan fingerprint density at radius 2 is 1.82 bits per heavy atom. The van der Waals surface area contributed by atoms with E-state index >= 15 is 0 Å². The van der Waals surface area contributed by atoms with Gasteiger partial charge in [-0.15, -0.1) is 0 Å². The zero-order chi connectivity index (χ0) is 16.9. The molecule has 0 aliphatic heterocycles. The summed E-state index contributed by atoms with van der Waals surface area (Å²) in [6, 6.07) is 6.72. The maximum absolute atomic E-state index is 12.4. The Morgan fingerprint density at radius 1 is 1.23 bits per heavy atom. The first-order valence-corrected chi connectivity index (χ1v) is 7.55. The highest BCUT2D eigenvalue weighted by molar-refractivity contribution is 5.98. The molecule has 0 aliphatic rings. The third-order valence-corrected chi connectivity index (χ3v) is 3.34. The molecule has 1 unspecified atom stereocenters. The molecule has 1 aromatic carbocycles. The monoisotopic (exact) mass is 305 g/mol. The number of carbonyl (C=O) groups is 2. The second kappa shape index (κ2) is 7.40. The van der Waals surface area contributed by atoms with Gasteiger partial charge in [0.1, 0.15) is 6.04 Å². The van der Waals surface area contributed by atoms with Gasteiger partial charge in [-0.2, -0.15) is 0 Å². The molecule has 4 N–H and O–H groups in total. The summed E-state index contributed by atoms with van der Waals surface area (Å²) in [5, 5.41) is 5.61. The van der Waals surface area contributed by atoms with Crippen LogP contribution in [-0.2, 0) is 4.79 Å². The first kappa shape index (κ1) is 18.2. The Morgan fingerprint density at radius 3 is 2.32 bits per heavy atom. The van der Waals surface area contributed by atoms with Crippen molar-refractivity contribution in [1.82, 2.24) is 10.6 Å². The summed E-state index contributed by atoms with van der Waals surface area (Å²) >= 11 is 0. The number of carbonyl (C=O) groups excluding carboxylic acids is 2. The standard InChI is InChI=1S/C17H27N3O2/c1-11(2)14(16(22)19-10-17(4,5)18)20-15(21)13-9-7-6-8-12(13)3/h6-9,11,14H,10,18H2,1-5H3,(H,19,22)(H,20,21). The number of aryl methyl sites for hydroxylation is 1. The number of nitrogens with two attached hydrogens (primary N) is 1. The lowest BCUT2D eigenvalue weighted by Crippen LogP contribution is -2.53. The highest BCUT2D eigenvalue weighted by atomic mass is 16.2. The van der Waals surface area contributed by atoms with Crippen LogP contribution in [-0.4, -0.2) is 29.9 Å². The van der Waals surface area contributed by atoms with Crippen LogP contribution in [0.2, 0.25) is 0 Å². The minimum absolute atomic E-state index is 0.0196. The zero-order valence-electron chi connectivity index (χ0n) is 14.1. The van der Waals surface area contributed by atoms with E-state index in [9.17, 15) is 9.59 Å². The van der Waals surface area contributed by atoms with Gasteiger partial charge in [0.2, 0.25) is 5.91 Å². The Hall–Kier alpha value is -1.88. The van der Waals surface area contributed by atoms with Crippen molar-refractivity contribution in [2.45, 2.75) is 46.2 Å². The van der Waals surface area contributed by atoms with Crippen molar-refractivity contribution >= 4 is 11.8 Å². The van der Waals surface area contributed by atoms with Crippen LogP contribution in [0.3, 0.4) is 0 Å². The molecule has 1 aromatic rings. The molecule has 0 saturated heterocycles. The van der Waals surface area contributed by atoms with Crippen LogP contribution in [0, 0.1) is 12.8 Å². The predicted octanol–water partition coefficient (Wildman–Crippen LogP) is 1.60. The van der Waals surface area contributed by atoms with Gasteiger partial charge >= 0.3 is 0 Å². The quantitative estimate of drug-likeness (QED) is 0.746. The molecular formula is C17H27N3O2. The Kier molecular flexibility index (Phi) is 6.11. The highest BCUT2D eigenvalue weighted by Gasteiger charge is 2.26. The van der Waals surface area contributed by atoms with Crippen LogP contribution in [0.1, 0.15) is 43.6 Å². The van der Waals surface area contributed by atoms with Crippen molar-refractivity contribution in [1.29, 1.82) is 0 Å². The zero-order valence-corrected chi connectivity index (χ0v) is 14.1. The molecule has 0 heterocycles. The molecule has 0 aromatic heterocycles. The largest absolute Gasteiger partial charge is 0.352 e. The molecule has 0 fully saturated rings. The summed E-state index contributed by atoms with van der Waals surface area (Å²) in [5.41, 5.74) is 6.85. The van der Waals surface area contributed by atoms with Gasteiger partial charge in [-0.1, -0.05) is 32.0 Å². The normalized spacial score (nSPS) is 12.9. The van der Waals surface area contributed by atoms with Gasteiger partial charge in [0.25, 0.3) is 5.91 Å². The minimum Gasteiger partial charge on any atom is -0.352 e. The molecule has 0 radical (unpaired) electrons. The summed E-state index contributed by atoms with van der Waals surface area (Å²) in [4.78, 5) is 24.7. The molecule has 5 nitrogen and oxygen atoms in total. The van der Waals surface area contributed by atoms with Crippen LogP contribution >= 0.6 is 0 Å². The van der Waals surface area contributed by atoms with Crippen LogP contribution in [0.5, 0.6) is 0 Å². The van der Waals surface area contributed by atoms with Gasteiger partial charge in [-0.3, -0.25) is 9.59 Å². The number of rotatable bonds is 6. The maximum Gasteiger partial charge on any atom is 0.252 e. The van der Waals surface area contributed by atoms with Crippen LogP contribution in [0.25, 0.3) is 0 Å². The van der Waals surface area contributed by atoms with E-state index in [0.29, 0.717) is 12.1 Å². The molecule has 0 aliphatic carbocycles. The van der Waals surface area contributed by atoms with E-state index in [4.69, 9.17) is 5.73 Å². The van der Waals surface area contributed by atoms with Crippen LogP contribution in [0.15, 0.2) is 24.3 Å². The van der Waals surface area contributed by atoms with Crippen molar-refractivity contribution in [2.75, 3.05) is 6.54 Å². The Balaban J connectivity index is 2.78. The highest BCUT2D eigenvalue weighted by Crippen LogP contribution is 2.09. The third-order valence-electron chi connectivity index (χ3n) is 3.34. The van der Waals surface area contributed by atoms with E-state index in [1.54, 1.807) is 6.07 Å². The maximum atomic E-state index is 12.4. The van der Waals surface area contributed by atoms with Gasteiger partial charge in [0.05, 0.1) is 0 Å². The molecule has 2 amide bonds. The van der Waals surface area contributed by atoms with Gasteiger partial charge in [0, 0.05) is 17.6 Å². The van der Waals surface area contributed by atoms with Gasteiger partial charge in [-0.25, -0.2) is 0 Å². The smallest absolute Gasteiger partial charge is 0.252 e. The molecule has 5 heteroatoms. The second-order valence-electron chi connectivity index (χ2n) is 6.72. The van der Waals surface area contributed by atoms with Crippen molar-refractivity contribution in [3.05, 3.63) is 35.4 Å². The first-order chi connectivity index (χ1) is 10.1. The van der Waals surface area contributed by atoms with Crippen molar-refractivity contribution in [3.63, 3.8) is 0 Å². The molecule has 22 heavy (non-hydrogen) atoms. The lowest BCUT2D eigenvalue weighted by molar-refractivity contribution is -0.124. The van der Waals surface area contributed by atoms with Gasteiger partial charge < -0.3 is 16.4 Å². The lowest BCUT2D eigenvalue weighted by Gasteiger charge is -2.25. The van der Waals surface area contributed by atoms with Crippen LogP contribution < -0.4 is 16.4 Å². The minimum atomic E-state index is -0.588. The molecule has 0 saturated carbocycles. The number of benzene rings is 1. The topological polar surface area (TPSA) is 84.2 Å². The van der Waals surface area contributed by atoms with Crippen molar-refractivity contribution < 1.29 is 9.59 Å². The number of hydrogen-bond acceptors (Lipinski definition) is 3. The molecule has 0 bridgehead atoms. The van der Waals surface area contributed by atoms with E-state index in [2.05, 4.69) is 10.6 Å². The fourth-order valence-electron chi connectivity index (χ4n) is 2.01. The SMILES string of the molecule is Cc1ccccc1C(=O)NC(C(=O)NCC(C)(C)N)C(C)C. The average Bonchev–Trinajstić information content (AvgIpc) is 2.41. The summed E-state index contributed by atoms with van der Waals surface area (Å²) in [5.74, 6) is -0.469. The number of amides is 2. The Bertz CT molecular complexity index is 533. The predicted molar refractivity (Wildman–Crippen MR) is 88.5 cm³/mol. The molecular weight excluding hydrogens is 278 g/mol. The van der Waals surface area contributed by atoms with Crippen molar-refractivity contribution in [3.8, 4) is 0 Å². The van der Waals surface area contributed by atoms with Gasteiger partial charge in [-0.05, 0) is 38.3 Å². The first-order valence-electron chi connectivity index (χ1n) is 7.55. The number of nitrogens with one attached hydrogen (secondary N) is 2. The fraction of sp³-hybridized carbons (Fsp3) is 0.529.